The first-order valence-electron chi connectivity index (χ1n) is 17.6. The second kappa shape index (κ2) is 17.5. The number of alkyl halides is 6. The fourth-order valence-corrected chi connectivity index (χ4v) is 5.65. The fraction of sp³-hybridized carbons (Fsp3) is 0.243. The van der Waals surface area contributed by atoms with Gasteiger partial charge in [-0.3, -0.25) is 14.4 Å². The van der Waals surface area contributed by atoms with E-state index in [1.807, 2.05) is 0 Å². The number of anilines is 4. The molecule has 16 nitrogen and oxygen atoms in total. The van der Waals surface area contributed by atoms with E-state index >= 15 is 0 Å². The van der Waals surface area contributed by atoms with E-state index in [1.165, 1.54) is 48.5 Å². The van der Waals surface area contributed by atoms with Crippen molar-refractivity contribution in [3.63, 3.8) is 0 Å². The summed E-state index contributed by atoms with van der Waals surface area (Å²) in [5.41, 5.74) is -0.149. The highest BCUT2D eigenvalue weighted by atomic mass is 35.5. The van der Waals surface area contributed by atoms with Crippen LogP contribution in [0.5, 0.6) is 6.01 Å². The molecule has 1 aliphatic carbocycles. The van der Waals surface area contributed by atoms with E-state index in [0.29, 0.717) is 17.9 Å². The summed E-state index contributed by atoms with van der Waals surface area (Å²) in [7, 11) is 0. The van der Waals surface area contributed by atoms with Gasteiger partial charge in [0.1, 0.15) is 6.04 Å². The number of carbonyl (C=O) groups excluding carboxylic acids is 3. The zero-order chi connectivity index (χ0) is 43.2. The highest BCUT2D eigenvalue weighted by Gasteiger charge is 2.45. The van der Waals surface area contributed by atoms with Gasteiger partial charge in [0.15, 0.2) is 12.3 Å². The Hall–Kier alpha value is -6.97. The van der Waals surface area contributed by atoms with E-state index in [0.717, 1.165) is 22.5 Å². The number of halogens is 7. The van der Waals surface area contributed by atoms with Crippen molar-refractivity contribution in [1.82, 2.24) is 35.4 Å². The summed E-state index contributed by atoms with van der Waals surface area (Å²) < 4.78 is 83.2. The van der Waals surface area contributed by atoms with Crippen molar-refractivity contribution in [2.45, 2.75) is 43.2 Å². The van der Waals surface area contributed by atoms with Crippen LogP contribution in [-0.4, -0.2) is 78.9 Å². The van der Waals surface area contributed by atoms with E-state index in [1.54, 1.807) is 24.3 Å². The topological polar surface area (TPSA) is 214 Å². The van der Waals surface area contributed by atoms with Crippen LogP contribution in [0.25, 0.3) is 5.69 Å². The van der Waals surface area contributed by atoms with Gasteiger partial charge in [-0.05, 0) is 91.6 Å². The Labute approximate surface area is 339 Å². The number of carbonyl (C=O) groups is 4. The fourth-order valence-electron chi connectivity index (χ4n) is 5.52. The van der Waals surface area contributed by atoms with Crippen LogP contribution in [0.2, 0.25) is 5.02 Å². The maximum absolute atomic E-state index is 13.0. The zero-order valence-corrected chi connectivity index (χ0v) is 31.3. The quantitative estimate of drug-likeness (QED) is 0.0541. The van der Waals surface area contributed by atoms with Crippen molar-refractivity contribution in [2.75, 3.05) is 29.1 Å². The van der Waals surface area contributed by atoms with Crippen LogP contribution in [0, 0.1) is 0 Å². The van der Waals surface area contributed by atoms with Gasteiger partial charge in [0.05, 0.1) is 11.2 Å². The monoisotopic (exact) mass is 860 g/mol. The summed E-state index contributed by atoms with van der Waals surface area (Å²) in [6.45, 7) is -2.00. The van der Waals surface area contributed by atoms with Gasteiger partial charge >= 0.3 is 36.1 Å². The van der Waals surface area contributed by atoms with Crippen LogP contribution in [-0.2, 0) is 26.1 Å². The maximum Gasteiger partial charge on any atom is 0.435 e. The predicted molar refractivity (Wildman–Crippen MR) is 201 cm³/mol. The Balaban J connectivity index is 1.01. The minimum Gasteiger partial charge on any atom is -0.480 e. The lowest BCUT2D eigenvalue weighted by molar-refractivity contribution is -0.154. The molecule has 2 aromatic heterocycles. The maximum atomic E-state index is 13.0. The van der Waals surface area contributed by atoms with Crippen LogP contribution >= 0.6 is 11.6 Å². The number of ether oxygens (including phenoxy) is 1. The summed E-state index contributed by atoms with van der Waals surface area (Å²) in [6.07, 6.45) is -7.17. The van der Waals surface area contributed by atoms with Gasteiger partial charge < -0.3 is 36.4 Å². The molecule has 0 radical (unpaired) electrons. The van der Waals surface area contributed by atoms with Gasteiger partial charge in [-0.2, -0.15) is 46.4 Å². The Morgan fingerprint density at radius 2 is 1.48 bits per heavy atom. The number of rotatable bonds is 15. The first kappa shape index (κ1) is 42.6. The number of hydrogen-bond donors (Lipinski definition) is 6. The molecule has 0 saturated heterocycles. The van der Waals surface area contributed by atoms with E-state index in [2.05, 4.69) is 46.6 Å². The molecule has 3 amide bonds. The molecule has 6 N–H and O–H groups in total. The van der Waals surface area contributed by atoms with Crippen LogP contribution in [0.1, 0.15) is 40.9 Å². The molecular formula is C37H31ClF6N10O6. The molecule has 1 fully saturated rings. The van der Waals surface area contributed by atoms with Crippen molar-refractivity contribution in [3.8, 4) is 11.7 Å². The van der Waals surface area contributed by atoms with Crippen molar-refractivity contribution < 1.29 is 55.4 Å². The molecule has 0 aliphatic heterocycles. The summed E-state index contributed by atoms with van der Waals surface area (Å²) in [5.74, 6) is -4.76. The highest BCUT2D eigenvalue weighted by Crippen LogP contribution is 2.48. The largest absolute Gasteiger partial charge is 0.480 e. The normalized spacial score (nSPS) is 13.7. The number of carboxylic acids is 1. The highest BCUT2D eigenvalue weighted by molar-refractivity contribution is 6.39. The number of hydrogen-bond acceptors (Lipinski definition) is 11. The number of aromatic nitrogens is 5. The molecule has 2 heterocycles. The Kier molecular flexibility index (Phi) is 12.4. The van der Waals surface area contributed by atoms with Crippen molar-refractivity contribution >= 4 is 58.6 Å². The van der Waals surface area contributed by atoms with Gasteiger partial charge in [0.2, 0.25) is 11.9 Å². The Bertz CT molecular complexity index is 2360. The Morgan fingerprint density at radius 3 is 2.08 bits per heavy atom. The molecule has 60 heavy (non-hydrogen) atoms. The minimum absolute atomic E-state index is 0.0143. The van der Waals surface area contributed by atoms with E-state index in [-0.39, 0.29) is 47.5 Å². The van der Waals surface area contributed by atoms with Crippen molar-refractivity contribution in [2.24, 2.45) is 0 Å². The first-order valence-corrected chi connectivity index (χ1v) is 18.0. The third-order valence-corrected chi connectivity index (χ3v) is 8.93. The average Bonchev–Trinajstić information content (AvgIpc) is 3.78. The number of amides is 3. The van der Waals surface area contributed by atoms with Gasteiger partial charge in [0, 0.05) is 34.7 Å². The third-order valence-electron chi connectivity index (χ3n) is 8.68. The molecule has 3 aromatic carbocycles. The number of nitrogens with zero attached hydrogens (tertiary/aromatic N) is 5. The first-order chi connectivity index (χ1) is 28.4. The van der Waals surface area contributed by atoms with Gasteiger partial charge in [-0.1, -0.05) is 23.7 Å². The second-order valence-corrected chi connectivity index (χ2v) is 13.6. The molecule has 0 bridgehead atoms. The lowest BCUT2D eigenvalue weighted by Gasteiger charge is -2.19. The number of nitrogens with one attached hydrogen (secondary N) is 5. The molecule has 314 valence electrons. The van der Waals surface area contributed by atoms with Crippen LogP contribution in [0.3, 0.4) is 0 Å². The lowest BCUT2D eigenvalue weighted by atomic mass is 10.1. The average molecular weight is 861 g/mol. The van der Waals surface area contributed by atoms with Crippen LogP contribution in [0.4, 0.5) is 49.6 Å². The van der Waals surface area contributed by atoms with E-state index < -0.39 is 65.9 Å². The smallest absolute Gasteiger partial charge is 0.435 e. The third kappa shape index (κ3) is 11.4. The molecule has 23 heteroatoms. The number of benzene rings is 3. The summed E-state index contributed by atoms with van der Waals surface area (Å²) in [4.78, 5) is 61.9. The standard InChI is InChI=1S/C37H31ClF6N10O6/c38-22-5-3-21(4-6-22)35(15-16-35)52-33-49-32(50-34(51-33)60-19-36(39,40)41)47-24-7-1-20(2-8-24)28(55)48-26(31(58)59)13-17-45-29(56)30(57)46-23-9-11-25(12-10-23)54-18-14-27(53-54)37(42,43)44/h1-12,14,18,26H,13,15-17,19H2,(H,45,56)(H,46,57)(H,48,55)(H,58,59)(H2,47,49,50,51,52)/t26-/m0/s1. The SMILES string of the molecule is O=C(NCC[C@H](NC(=O)c1ccc(Nc2nc(NC3(c4ccc(Cl)cc4)CC3)nc(OCC(F)(F)F)n2)cc1)C(=O)O)C(=O)Nc1ccc(-n2ccc(C(F)(F)F)n2)cc1. The summed E-state index contributed by atoms with van der Waals surface area (Å²) in [6, 6.07) is 16.5. The van der Waals surface area contributed by atoms with Crippen LogP contribution < -0.4 is 31.3 Å². The number of aliphatic carboxylic acids is 1. The van der Waals surface area contributed by atoms with Gasteiger partial charge in [0.25, 0.3) is 5.91 Å². The van der Waals surface area contributed by atoms with E-state index in [4.69, 9.17) is 16.3 Å². The molecule has 0 unspecified atom stereocenters. The summed E-state index contributed by atoms with van der Waals surface area (Å²) in [5, 5.41) is 26.5. The number of carboxylic acid groups (broad SMARTS) is 1. The molecule has 5 aromatic rings. The van der Waals surface area contributed by atoms with Gasteiger partial charge in [-0.15, -0.1) is 0 Å². The molecular weight excluding hydrogens is 830 g/mol. The predicted octanol–water partition coefficient (Wildman–Crippen LogP) is 5.84. The summed E-state index contributed by atoms with van der Waals surface area (Å²) >= 11 is 6.01. The van der Waals surface area contributed by atoms with Crippen molar-refractivity contribution in [1.29, 1.82) is 0 Å². The van der Waals surface area contributed by atoms with Crippen molar-refractivity contribution in [3.05, 3.63) is 107 Å². The van der Waals surface area contributed by atoms with Crippen LogP contribution in [0.15, 0.2) is 85.1 Å². The molecule has 1 atom stereocenters. The molecule has 1 aliphatic rings. The molecule has 6 rings (SSSR count). The zero-order valence-electron chi connectivity index (χ0n) is 30.6. The minimum atomic E-state index is -4.67. The lowest BCUT2D eigenvalue weighted by Crippen LogP contribution is -2.44. The molecule has 0 spiro atoms. The van der Waals surface area contributed by atoms with Gasteiger partial charge in [-0.25, -0.2) is 9.48 Å². The molecule has 1 saturated carbocycles. The Morgan fingerprint density at radius 1 is 0.833 bits per heavy atom. The van der Waals surface area contributed by atoms with E-state index in [9.17, 15) is 50.6 Å². The second-order valence-electron chi connectivity index (χ2n) is 13.1.